The van der Waals surface area contributed by atoms with Crippen molar-refractivity contribution in [3.63, 3.8) is 0 Å². The van der Waals surface area contributed by atoms with Gasteiger partial charge in [0.15, 0.2) is 5.78 Å². The van der Waals surface area contributed by atoms with Crippen molar-refractivity contribution in [1.82, 2.24) is 14.9 Å². The second-order valence-electron chi connectivity index (χ2n) is 10.0. The zero-order valence-electron chi connectivity index (χ0n) is 21.3. The minimum atomic E-state index is 0.228. The quantitative estimate of drug-likeness (QED) is 0.304. The summed E-state index contributed by atoms with van der Waals surface area (Å²) < 4.78 is 6.07. The molecule has 0 spiro atoms. The van der Waals surface area contributed by atoms with Crippen molar-refractivity contribution >= 4 is 23.3 Å². The van der Waals surface area contributed by atoms with Crippen molar-refractivity contribution in [3.8, 4) is 5.75 Å². The van der Waals surface area contributed by atoms with Crippen molar-refractivity contribution in [3.05, 3.63) is 46.2 Å². The van der Waals surface area contributed by atoms with Crippen molar-refractivity contribution < 1.29 is 9.53 Å². The zero-order valence-corrected chi connectivity index (χ0v) is 22.1. The van der Waals surface area contributed by atoms with E-state index in [0.717, 1.165) is 73.7 Å². The Kier molecular flexibility index (Phi) is 9.72. The molecule has 34 heavy (non-hydrogen) atoms. The minimum Gasteiger partial charge on any atom is -0.494 e. The Labute approximate surface area is 209 Å². The average Bonchev–Trinajstić information content (AvgIpc) is 2.76. The molecule has 1 aromatic heterocycles. The van der Waals surface area contributed by atoms with Gasteiger partial charge in [0.1, 0.15) is 5.75 Å². The molecule has 0 bridgehead atoms. The Hall–Kier alpha value is -2.18. The third-order valence-corrected chi connectivity index (χ3v) is 6.72. The van der Waals surface area contributed by atoms with Gasteiger partial charge in [-0.2, -0.15) is 0 Å². The molecule has 0 radical (unpaired) electrons. The number of ketones is 1. The van der Waals surface area contributed by atoms with E-state index in [9.17, 15) is 4.79 Å². The second-order valence-corrected chi connectivity index (χ2v) is 10.5. The maximum absolute atomic E-state index is 12.9. The van der Waals surface area contributed by atoms with Gasteiger partial charge in [-0.15, -0.1) is 0 Å². The predicted molar refractivity (Wildman–Crippen MR) is 139 cm³/mol. The maximum atomic E-state index is 12.9. The molecule has 1 aliphatic rings. The van der Waals surface area contributed by atoms with Gasteiger partial charge >= 0.3 is 0 Å². The summed E-state index contributed by atoms with van der Waals surface area (Å²) in [7, 11) is 4.09. The van der Waals surface area contributed by atoms with E-state index < -0.39 is 0 Å². The van der Waals surface area contributed by atoms with E-state index in [1.165, 1.54) is 0 Å². The number of rotatable bonds is 11. The van der Waals surface area contributed by atoms with Crippen LogP contribution in [0.15, 0.2) is 24.5 Å². The van der Waals surface area contributed by atoms with E-state index in [1.54, 1.807) is 12.4 Å². The molecule has 2 heterocycles. The summed E-state index contributed by atoms with van der Waals surface area (Å²) in [5, 5.41) is 0.569. The van der Waals surface area contributed by atoms with E-state index in [4.69, 9.17) is 16.3 Å². The van der Waals surface area contributed by atoms with Gasteiger partial charge in [-0.3, -0.25) is 4.79 Å². The molecule has 1 unspecified atom stereocenters. The van der Waals surface area contributed by atoms with Gasteiger partial charge in [-0.1, -0.05) is 18.5 Å². The number of hydrogen-bond donors (Lipinski definition) is 0. The first kappa shape index (κ1) is 26.4. The van der Waals surface area contributed by atoms with Gasteiger partial charge in [-0.25, -0.2) is 9.97 Å². The van der Waals surface area contributed by atoms with Crippen LogP contribution in [0.25, 0.3) is 0 Å². The number of halogens is 1. The number of benzene rings is 1. The molecule has 0 aliphatic carbocycles. The standard InChI is InChI=1S/C27H39ClN4O2/c1-19(18-31(4)5)13-25(33)26-20(2)14-24(15-21(26)3)34-12-6-7-22-8-10-32(11-9-22)27-29-16-23(28)17-30-27/h14-17,19,22H,6-13,18H2,1-5H3. The molecule has 7 heteroatoms. The fraction of sp³-hybridized carbons (Fsp3) is 0.593. The van der Waals surface area contributed by atoms with Crippen LogP contribution in [-0.4, -0.2) is 61.0 Å². The Balaban J connectivity index is 1.42. The maximum Gasteiger partial charge on any atom is 0.225 e. The number of ether oxygens (including phenoxy) is 1. The Morgan fingerprint density at radius 3 is 2.38 bits per heavy atom. The Morgan fingerprint density at radius 2 is 1.79 bits per heavy atom. The highest BCUT2D eigenvalue weighted by molar-refractivity contribution is 6.30. The van der Waals surface area contributed by atoms with Crippen molar-refractivity contribution in [1.29, 1.82) is 0 Å². The largest absolute Gasteiger partial charge is 0.494 e. The molecular formula is C27H39ClN4O2. The fourth-order valence-electron chi connectivity index (χ4n) is 5.01. The summed E-state index contributed by atoms with van der Waals surface area (Å²) in [5.74, 6) is 2.91. The van der Waals surface area contributed by atoms with Gasteiger partial charge in [-0.05, 0) is 88.7 Å². The number of hydrogen-bond acceptors (Lipinski definition) is 6. The van der Waals surface area contributed by atoms with Crippen LogP contribution in [0, 0.1) is 25.7 Å². The molecule has 1 atom stereocenters. The van der Waals surface area contributed by atoms with Gasteiger partial charge in [0.25, 0.3) is 0 Å². The summed E-state index contributed by atoms with van der Waals surface area (Å²) >= 11 is 5.89. The van der Waals surface area contributed by atoms with E-state index >= 15 is 0 Å². The molecule has 2 aromatic rings. The highest BCUT2D eigenvalue weighted by atomic mass is 35.5. The number of anilines is 1. The topological polar surface area (TPSA) is 58.6 Å². The molecule has 1 aromatic carbocycles. The van der Waals surface area contributed by atoms with Crippen LogP contribution in [0.5, 0.6) is 5.75 Å². The second kappa shape index (κ2) is 12.5. The summed E-state index contributed by atoms with van der Waals surface area (Å²) in [6, 6.07) is 4.03. The third-order valence-electron chi connectivity index (χ3n) is 6.53. The first-order valence-electron chi connectivity index (χ1n) is 12.4. The van der Waals surface area contributed by atoms with Crippen LogP contribution >= 0.6 is 11.6 Å². The van der Waals surface area contributed by atoms with Gasteiger partial charge in [0.2, 0.25) is 5.95 Å². The monoisotopic (exact) mass is 486 g/mol. The third kappa shape index (κ3) is 7.67. The van der Waals surface area contributed by atoms with Gasteiger partial charge in [0, 0.05) is 31.6 Å². The molecule has 6 nitrogen and oxygen atoms in total. The highest BCUT2D eigenvalue weighted by Gasteiger charge is 2.21. The SMILES string of the molecule is Cc1cc(OCCCC2CCN(c3ncc(Cl)cn3)CC2)cc(C)c1C(=O)CC(C)CN(C)C. The predicted octanol–water partition coefficient (Wildman–Crippen LogP) is 5.59. The summed E-state index contributed by atoms with van der Waals surface area (Å²) in [5.41, 5.74) is 2.87. The van der Waals surface area contributed by atoms with Crippen LogP contribution in [0.3, 0.4) is 0 Å². The van der Waals surface area contributed by atoms with Crippen molar-refractivity contribution in [2.75, 3.05) is 45.2 Å². The summed E-state index contributed by atoms with van der Waals surface area (Å²) in [6.45, 7) is 9.74. The lowest BCUT2D eigenvalue weighted by atomic mass is 9.92. The molecule has 0 saturated carbocycles. The van der Waals surface area contributed by atoms with Crippen molar-refractivity contribution in [2.45, 2.75) is 52.9 Å². The van der Waals surface area contributed by atoms with Crippen LogP contribution in [0.1, 0.15) is 60.5 Å². The molecule has 3 rings (SSSR count). The van der Waals surface area contributed by atoms with Gasteiger partial charge in [0.05, 0.1) is 24.0 Å². The van der Waals surface area contributed by atoms with Crippen LogP contribution in [0.2, 0.25) is 5.02 Å². The average molecular weight is 487 g/mol. The number of piperidine rings is 1. The zero-order chi connectivity index (χ0) is 24.7. The lowest BCUT2D eigenvalue weighted by molar-refractivity contribution is 0.0957. The summed E-state index contributed by atoms with van der Waals surface area (Å²) in [4.78, 5) is 25.9. The number of carbonyl (C=O) groups excluding carboxylic acids is 1. The van der Waals surface area contributed by atoms with E-state index in [0.29, 0.717) is 29.9 Å². The molecule has 0 amide bonds. The molecule has 186 valence electrons. The van der Waals surface area contributed by atoms with Gasteiger partial charge < -0.3 is 14.5 Å². The van der Waals surface area contributed by atoms with Crippen LogP contribution in [0.4, 0.5) is 5.95 Å². The summed E-state index contributed by atoms with van der Waals surface area (Å²) in [6.07, 6.45) is 8.37. The lowest BCUT2D eigenvalue weighted by Crippen LogP contribution is -2.34. The first-order valence-corrected chi connectivity index (χ1v) is 12.7. The van der Waals surface area contributed by atoms with Crippen LogP contribution < -0.4 is 9.64 Å². The van der Waals surface area contributed by atoms with Crippen LogP contribution in [-0.2, 0) is 0 Å². The Morgan fingerprint density at radius 1 is 1.18 bits per heavy atom. The number of aromatic nitrogens is 2. The van der Waals surface area contributed by atoms with E-state index in [-0.39, 0.29) is 5.78 Å². The number of carbonyl (C=O) groups is 1. The molecular weight excluding hydrogens is 448 g/mol. The number of Topliss-reactive ketones (excluding diaryl/α,β-unsaturated/α-hetero) is 1. The molecule has 0 N–H and O–H groups in total. The lowest BCUT2D eigenvalue weighted by Gasteiger charge is -2.32. The van der Waals surface area contributed by atoms with E-state index in [2.05, 4.69) is 26.7 Å². The van der Waals surface area contributed by atoms with E-state index in [1.807, 2.05) is 40.1 Å². The molecule has 1 saturated heterocycles. The van der Waals surface area contributed by atoms with Crippen molar-refractivity contribution in [2.24, 2.45) is 11.8 Å². The first-order chi connectivity index (χ1) is 16.2. The highest BCUT2D eigenvalue weighted by Crippen LogP contribution is 2.27. The smallest absolute Gasteiger partial charge is 0.225 e. The number of nitrogens with zero attached hydrogens (tertiary/aromatic N) is 4. The molecule has 1 fully saturated rings. The Bertz CT molecular complexity index is 917. The molecule has 1 aliphatic heterocycles. The number of aryl methyl sites for hydroxylation is 2. The normalized spacial score (nSPS) is 15.6. The minimum absolute atomic E-state index is 0.228. The fourth-order valence-corrected chi connectivity index (χ4v) is 5.10.